The third kappa shape index (κ3) is 2.08. The third-order valence-corrected chi connectivity index (χ3v) is 4.15. The van der Waals surface area contributed by atoms with Gasteiger partial charge in [0.25, 0.3) is 0 Å². The SMILES string of the molecule is C.Cc1ccc2ccc3c4cc(C)ccc4ccc3c2c1. The molecule has 0 heteroatoms. The van der Waals surface area contributed by atoms with Gasteiger partial charge in [-0.05, 0) is 46.2 Å². The Morgan fingerprint density at radius 1 is 0.476 bits per heavy atom. The minimum atomic E-state index is 0. The highest BCUT2D eigenvalue weighted by molar-refractivity contribution is 6.17. The zero-order chi connectivity index (χ0) is 13.7. The summed E-state index contributed by atoms with van der Waals surface area (Å²) in [5.74, 6) is 0. The van der Waals surface area contributed by atoms with Crippen LogP contribution in [0.3, 0.4) is 0 Å². The zero-order valence-electron chi connectivity index (χ0n) is 11.8. The van der Waals surface area contributed by atoms with Gasteiger partial charge in [0, 0.05) is 0 Å². The molecule has 0 fully saturated rings. The highest BCUT2D eigenvalue weighted by atomic mass is 14.1. The van der Waals surface area contributed by atoms with E-state index in [9.17, 15) is 0 Å². The van der Waals surface area contributed by atoms with Gasteiger partial charge in [0.1, 0.15) is 0 Å². The Balaban J connectivity index is 0.00000132. The van der Waals surface area contributed by atoms with Gasteiger partial charge in [-0.3, -0.25) is 0 Å². The second-order valence-electron chi connectivity index (χ2n) is 5.68. The van der Waals surface area contributed by atoms with Crippen LogP contribution in [0.15, 0.2) is 60.7 Å². The van der Waals surface area contributed by atoms with E-state index in [0.29, 0.717) is 0 Å². The number of fused-ring (bicyclic) bond motifs is 5. The third-order valence-electron chi connectivity index (χ3n) is 4.15. The maximum atomic E-state index is 2.29. The maximum Gasteiger partial charge on any atom is -0.00989 e. The molecular weight excluding hydrogens is 252 g/mol. The fraction of sp³-hybridized carbons (Fsp3) is 0.143. The van der Waals surface area contributed by atoms with Crippen molar-refractivity contribution in [2.45, 2.75) is 21.3 Å². The van der Waals surface area contributed by atoms with Crippen molar-refractivity contribution in [1.29, 1.82) is 0 Å². The van der Waals surface area contributed by atoms with Crippen LogP contribution in [0.2, 0.25) is 0 Å². The van der Waals surface area contributed by atoms with E-state index in [1.807, 2.05) is 0 Å². The molecule has 0 aliphatic carbocycles. The van der Waals surface area contributed by atoms with E-state index in [-0.39, 0.29) is 7.43 Å². The van der Waals surface area contributed by atoms with Crippen LogP contribution in [0.1, 0.15) is 18.6 Å². The van der Waals surface area contributed by atoms with E-state index in [1.54, 1.807) is 0 Å². The molecule has 0 atom stereocenters. The van der Waals surface area contributed by atoms with Crippen LogP contribution in [0.25, 0.3) is 32.3 Å². The number of benzene rings is 4. The summed E-state index contributed by atoms with van der Waals surface area (Å²) in [6.45, 7) is 4.31. The van der Waals surface area contributed by atoms with Crippen molar-refractivity contribution < 1.29 is 0 Å². The quantitative estimate of drug-likeness (QED) is 0.325. The molecule has 0 heterocycles. The molecule has 0 bridgehead atoms. The first-order valence-electron chi connectivity index (χ1n) is 7.05. The molecule has 4 aromatic carbocycles. The molecule has 104 valence electrons. The Kier molecular flexibility index (Phi) is 3.17. The Labute approximate surface area is 126 Å². The molecule has 0 saturated carbocycles. The second-order valence-corrected chi connectivity index (χ2v) is 5.68. The van der Waals surface area contributed by atoms with Crippen LogP contribution in [-0.4, -0.2) is 0 Å². The van der Waals surface area contributed by atoms with Crippen LogP contribution >= 0.6 is 0 Å². The van der Waals surface area contributed by atoms with E-state index in [4.69, 9.17) is 0 Å². The largest absolute Gasteiger partial charge is 0.0776 e. The van der Waals surface area contributed by atoms with Crippen LogP contribution in [0.5, 0.6) is 0 Å². The summed E-state index contributed by atoms with van der Waals surface area (Å²) in [6.07, 6.45) is 0. The minimum Gasteiger partial charge on any atom is -0.0776 e. The topological polar surface area (TPSA) is 0 Å². The molecule has 0 saturated heterocycles. The molecule has 0 N–H and O–H groups in total. The molecule has 0 aliphatic rings. The van der Waals surface area contributed by atoms with Gasteiger partial charge < -0.3 is 0 Å². The lowest BCUT2D eigenvalue weighted by Gasteiger charge is -2.09. The highest BCUT2D eigenvalue weighted by Gasteiger charge is 2.05. The summed E-state index contributed by atoms with van der Waals surface area (Å²) in [6, 6.07) is 22.4. The van der Waals surface area contributed by atoms with Crippen LogP contribution in [0.4, 0.5) is 0 Å². The van der Waals surface area contributed by atoms with Crippen molar-refractivity contribution in [3.8, 4) is 0 Å². The minimum absolute atomic E-state index is 0. The number of aryl methyl sites for hydroxylation is 2. The Bertz CT molecular complexity index is 881. The van der Waals surface area contributed by atoms with Crippen molar-refractivity contribution in [3.05, 3.63) is 71.8 Å². The summed E-state index contributed by atoms with van der Waals surface area (Å²) in [5, 5.41) is 8.04. The molecule has 0 unspecified atom stereocenters. The molecule has 4 aromatic rings. The van der Waals surface area contributed by atoms with E-state index in [2.05, 4.69) is 74.5 Å². The van der Waals surface area contributed by atoms with E-state index < -0.39 is 0 Å². The number of hydrogen-bond acceptors (Lipinski definition) is 0. The standard InChI is InChI=1S/C20H16.CH4/c1-13-3-5-15-7-10-18-17(19(15)11-13)9-8-16-6-4-14(2)12-20(16)18;/h3-12H,1-2H3;1H4. The van der Waals surface area contributed by atoms with Crippen LogP contribution in [0, 0.1) is 13.8 Å². The van der Waals surface area contributed by atoms with Crippen molar-refractivity contribution >= 4 is 32.3 Å². The van der Waals surface area contributed by atoms with Gasteiger partial charge in [-0.15, -0.1) is 0 Å². The predicted molar refractivity (Wildman–Crippen MR) is 95.2 cm³/mol. The van der Waals surface area contributed by atoms with Gasteiger partial charge in [0.05, 0.1) is 0 Å². The number of rotatable bonds is 0. The lowest BCUT2D eigenvalue weighted by atomic mass is 9.95. The molecule has 0 radical (unpaired) electrons. The van der Waals surface area contributed by atoms with E-state index >= 15 is 0 Å². The first kappa shape index (κ1) is 13.6. The van der Waals surface area contributed by atoms with Gasteiger partial charge in [-0.25, -0.2) is 0 Å². The maximum absolute atomic E-state index is 2.29. The Hall–Kier alpha value is -2.34. The van der Waals surface area contributed by atoms with E-state index in [1.165, 1.54) is 43.4 Å². The van der Waals surface area contributed by atoms with Gasteiger partial charge in [-0.2, -0.15) is 0 Å². The molecule has 0 spiro atoms. The summed E-state index contributed by atoms with van der Waals surface area (Å²) < 4.78 is 0. The fourth-order valence-corrected chi connectivity index (χ4v) is 3.09. The van der Waals surface area contributed by atoms with Gasteiger partial charge in [0.15, 0.2) is 0 Å². The van der Waals surface area contributed by atoms with Crippen LogP contribution < -0.4 is 0 Å². The van der Waals surface area contributed by atoms with Gasteiger partial charge in [0.2, 0.25) is 0 Å². The molecule has 0 aliphatic heterocycles. The van der Waals surface area contributed by atoms with E-state index in [0.717, 1.165) is 0 Å². The predicted octanol–water partition coefficient (Wildman–Crippen LogP) is 6.40. The average Bonchev–Trinajstić information content (AvgIpc) is 2.46. The number of hydrogen-bond donors (Lipinski definition) is 0. The summed E-state index contributed by atoms with van der Waals surface area (Å²) >= 11 is 0. The first-order valence-corrected chi connectivity index (χ1v) is 7.05. The Morgan fingerprint density at radius 2 is 0.857 bits per heavy atom. The first-order chi connectivity index (χ1) is 9.72. The smallest absolute Gasteiger partial charge is 0.00989 e. The van der Waals surface area contributed by atoms with Crippen molar-refractivity contribution in [3.63, 3.8) is 0 Å². The van der Waals surface area contributed by atoms with Gasteiger partial charge >= 0.3 is 0 Å². The lowest BCUT2D eigenvalue weighted by Crippen LogP contribution is -1.82. The highest BCUT2D eigenvalue weighted by Crippen LogP contribution is 2.32. The molecule has 0 aromatic heterocycles. The summed E-state index contributed by atoms with van der Waals surface area (Å²) in [4.78, 5) is 0. The van der Waals surface area contributed by atoms with Gasteiger partial charge in [-0.1, -0.05) is 79.2 Å². The molecule has 0 amide bonds. The second kappa shape index (κ2) is 4.89. The van der Waals surface area contributed by atoms with Crippen LogP contribution in [-0.2, 0) is 0 Å². The Morgan fingerprint density at radius 3 is 1.29 bits per heavy atom. The van der Waals surface area contributed by atoms with Crippen molar-refractivity contribution in [1.82, 2.24) is 0 Å². The zero-order valence-corrected chi connectivity index (χ0v) is 11.8. The molecule has 0 nitrogen and oxygen atoms in total. The van der Waals surface area contributed by atoms with Crippen molar-refractivity contribution in [2.75, 3.05) is 0 Å². The molecule has 4 rings (SSSR count). The molecular formula is C21H20. The normalized spacial score (nSPS) is 11.0. The average molecular weight is 272 g/mol. The summed E-state index contributed by atoms with van der Waals surface area (Å²) in [7, 11) is 0. The fourth-order valence-electron chi connectivity index (χ4n) is 3.09. The monoisotopic (exact) mass is 272 g/mol. The molecule has 21 heavy (non-hydrogen) atoms. The van der Waals surface area contributed by atoms with Crippen molar-refractivity contribution in [2.24, 2.45) is 0 Å². The lowest BCUT2D eigenvalue weighted by molar-refractivity contribution is 1.51. The summed E-state index contributed by atoms with van der Waals surface area (Å²) in [5.41, 5.74) is 2.63.